The topological polar surface area (TPSA) is 58.4 Å². The van der Waals surface area contributed by atoms with Crippen LogP contribution < -0.4 is 11.1 Å². The first-order chi connectivity index (χ1) is 11.7. The predicted octanol–water partition coefficient (Wildman–Crippen LogP) is 2.76. The Kier molecular flexibility index (Phi) is 5.49. The second-order valence-corrected chi connectivity index (χ2v) is 6.40. The van der Waals surface area contributed by atoms with E-state index in [1.807, 2.05) is 30.3 Å². The van der Waals surface area contributed by atoms with Crippen LogP contribution in [0.1, 0.15) is 30.0 Å². The minimum Gasteiger partial charge on any atom is -0.399 e. The van der Waals surface area contributed by atoms with Crippen LogP contribution in [0.4, 0.5) is 5.69 Å². The molecular weight excluding hydrogens is 298 g/mol. The number of benzene rings is 2. The van der Waals surface area contributed by atoms with Crippen molar-refractivity contribution in [2.24, 2.45) is 0 Å². The Labute approximate surface area is 143 Å². The van der Waals surface area contributed by atoms with Crippen molar-refractivity contribution in [1.82, 2.24) is 10.2 Å². The summed E-state index contributed by atoms with van der Waals surface area (Å²) in [6, 6.07) is 18.2. The third kappa shape index (κ3) is 4.36. The van der Waals surface area contributed by atoms with Crippen molar-refractivity contribution in [3.05, 3.63) is 65.7 Å². The molecule has 0 saturated carbocycles. The molecule has 0 radical (unpaired) electrons. The van der Waals surface area contributed by atoms with E-state index in [4.69, 9.17) is 5.73 Å². The Morgan fingerprint density at radius 2 is 1.83 bits per heavy atom. The van der Waals surface area contributed by atoms with E-state index in [2.05, 4.69) is 34.5 Å². The van der Waals surface area contributed by atoms with Crippen LogP contribution >= 0.6 is 0 Å². The molecule has 4 heteroatoms. The van der Waals surface area contributed by atoms with Crippen molar-refractivity contribution in [3.8, 4) is 0 Å². The predicted molar refractivity (Wildman–Crippen MR) is 97.6 cm³/mol. The summed E-state index contributed by atoms with van der Waals surface area (Å²) in [6.07, 6.45) is 2.84. The van der Waals surface area contributed by atoms with E-state index in [-0.39, 0.29) is 11.9 Å². The molecule has 126 valence electrons. The number of carbonyl (C=O) groups is 1. The molecule has 1 saturated heterocycles. The molecule has 1 amide bonds. The highest BCUT2D eigenvalue weighted by molar-refractivity contribution is 5.78. The normalized spacial score (nSPS) is 16.0. The second-order valence-electron chi connectivity index (χ2n) is 6.40. The van der Waals surface area contributed by atoms with Gasteiger partial charge in [0.15, 0.2) is 0 Å². The van der Waals surface area contributed by atoms with Crippen LogP contribution in [0.2, 0.25) is 0 Å². The van der Waals surface area contributed by atoms with Crippen LogP contribution in [0.5, 0.6) is 0 Å². The molecule has 0 aliphatic carbocycles. The molecule has 24 heavy (non-hydrogen) atoms. The molecule has 0 bridgehead atoms. The number of amides is 1. The van der Waals surface area contributed by atoms with Crippen molar-refractivity contribution in [3.63, 3.8) is 0 Å². The molecule has 0 aromatic heterocycles. The maximum absolute atomic E-state index is 12.3. The summed E-state index contributed by atoms with van der Waals surface area (Å²) in [5.74, 6) is 0.0423. The molecular formula is C20H25N3O. The molecule has 2 aromatic rings. The van der Waals surface area contributed by atoms with E-state index in [9.17, 15) is 4.79 Å². The quantitative estimate of drug-likeness (QED) is 0.804. The van der Waals surface area contributed by atoms with Gasteiger partial charge in [0, 0.05) is 12.2 Å². The zero-order chi connectivity index (χ0) is 16.8. The highest BCUT2D eigenvalue weighted by Crippen LogP contribution is 2.24. The maximum Gasteiger partial charge on any atom is 0.224 e. The summed E-state index contributed by atoms with van der Waals surface area (Å²) in [5, 5.41) is 3.10. The third-order valence-electron chi connectivity index (χ3n) is 4.57. The molecule has 4 nitrogen and oxygen atoms in total. The van der Waals surface area contributed by atoms with Gasteiger partial charge in [-0.15, -0.1) is 0 Å². The first-order valence-corrected chi connectivity index (χ1v) is 8.62. The van der Waals surface area contributed by atoms with Crippen LogP contribution in [-0.4, -0.2) is 30.4 Å². The Morgan fingerprint density at radius 1 is 1.08 bits per heavy atom. The van der Waals surface area contributed by atoms with Crippen molar-refractivity contribution >= 4 is 11.6 Å². The van der Waals surface area contributed by atoms with Gasteiger partial charge in [-0.2, -0.15) is 0 Å². The van der Waals surface area contributed by atoms with Crippen molar-refractivity contribution in [1.29, 1.82) is 0 Å². The van der Waals surface area contributed by atoms with Crippen LogP contribution in [0.15, 0.2) is 54.6 Å². The van der Waals surface area contributed by atoms with Gasteiger partial charge in [-0.1, -0.05) is 42.5 Å². The van der Waals surface area contributed by atoms with Crippen LogP contribution in [0.25, 0.3) is 0 Å². The molecule has 1 unspecified atom stereocenters. The summed E-state index contributed by atoms with van der Waals surface area (Å²) in [6.45, 7) is 2.85. The minimum absolute atomic E-state index is 0.0423. The lowest BCUT2D eigenvalue weighted by atomic mass is 10.1. The first-order valence-electron chi connectivity index (χ1n) is 8.62. The van der Waals surface area contributed by atoms with Gasteiger partial charge in [-0.25, -0.2) is 0 Å². The molecule has 0 spiro atoms. The minimum atomic E-state index is 0.0423. The number of nitrogens with zero attached hydrogens (tertiary/aromatic N) is 1. The van der Waals surface area contributed by atoms with E-state index in [1.54, 1.807) is 0 Å². The molecule has 1 atom stereocenters. The smallest absolute Gasteiger partial charge is 0.224 e. The van der Waals surface area contributed by atoms with Gasteiger partial charge in [-0.05, 0) is 49.2 Å². The monoisotopic (exact) mass is 323 g/mol. The van der Waals surface area contributed by atoms with E-state index in [1.165, 1.54) is 18.4 Å². The number of nitrogens with two attached hydrogens (primary N) is 1. The molecule has 3 N–H and O–H groups in total. The van der Waals surface area contributed by atoms with Crippen LogP contribution in [0.3, 0.4) is 0 Å². The lowest BCUT2D eigenvalue weighted by Crippen LogP contribution is -2.37. The van der Waals surface area contributed by atoms with Crippen molar-refractivity contribution in [2.75, 3.05) is 25.4 Å². The van der Waals surface area contributed by atoms with Gasteiger partial charge in [0.1, 0.15) is 0 Å². The fraction of sp³-hybridized carbons (Fsp3) is 0.350. The fourth-order valence-corrected chi connectivity index (χ4v) is 3.35. The van der Waals surface area contributed by atoms with Gasteiger partial charge < -0.3 is 11.1 Å². The number of rotatable bonds is 6. The number of nitrogens with one attached hydrogen (secondary N) is 1. The number of hydrogen-bond donors (Lipinski definition) is 2. The standard InChI is InChI=1S/C20H25N3O/c21-18-10-6-7-16(13-18)14-20(24)22-15-19(23-11-4-5-12-23)17-8-2-1-3-9-17/h1-3,6-10,13,19H,4-5,11-12,14-15,21H2,(H,22,24). The lowest BCUT2D eigenvalue weighted by molar-refractivity contribution is -0.120. The van der Waals surface area contributed by atoms with Gasteiger partial charge in [0.25, 0.3) is 0 Å². The number of likely N-dealkylation sites (tertiary alicyclic amines) is 1. The van der Waals surface area contributed by atoms with Gasteiger partial charge in [0.05, 0.1) is 12.5 Å². The summed E-state index contributed by atoms with van der Waals surface area (Å²) in [5.41, 5.74) is 8.69. The number of carbonyl (C=O) groups excluding carboxylic acids is 1. The Balaban J connectivity index is 1.61. The summed E-state index contributed by atoms with van der Waals surface area (Å²) in [4.78, 5) is 14.8. The average Bonchev–Trinajstić information content (AvgIpc) is 3.10. The molecule has 1 aliphatic rings. The van der Waals surface area contributed by atoms with E-state index < -0.39 is 0 Å². The number of anilines is 1. The third-order valence-corrected chi connectivity index (χ3v) is 4.57. The van der Waals surface area contributed by atoms with Crippen molar-refractivity contribution in [2.45, 2.75) is 25.3 Å². The lowest BCUT2D eigenvalue weighted by Gasteiger charge is -2.28. The molecule has 2 aromatic carbocycles. The Hall–Kier alpha value is -2.33. The van der Waals surface area contributed by atoms with Crippen LogP contribution in [-0.2, 0) is 11.2 Å². The van der Waals surface area contributed by atoms with E-state index in [0.29, 0.717) is 18.7 Å². The Morgan fingerprint density at radius 3 is 2.54 bits per heavy atom. The number of nitrogen functional groups attached to an aromatic ring is 1. The highest BCUT2D eigenvalue weighted by atomic mass is 16.1. The first kappa shape index (κ1) is 16.5. The molecule has 3 rings (SSSR count). The van der Waals surface area contributed by atoms with Gasteiger partial charge in [-0.3, -0.25) is 9.69 Å². The molecule has 1 fully saturated rings. The summed E-state index contributed by atoms with van der Waals surface area (Å²) in [7, 11) is 0. The van der Waals surface area contributed by atoms with Crippen molar-refractivity contribution < 1.29 is 4.79 Å². The van der Waals surface area contributed by atoms with Gasteiger partial charge in [0.2, 0.25) is 5.91 Å². The molecule has 1 aliphatic heterocycles. The number of hydrogen-bond acceptors (Lipinski definition) is 3. The van der Waals surface area contributed by atoms with E-state index in [0.717, 1.165) is 18.7 Å². The maximum atomic E-state index is 12.3. The highest BCUT2D eigenvalue weighted by Gasteiger charge is 2.23. The fourth-order valence-electron chi connectivity index (χ4n) is 3.35. The zero-order valence-electron chi connectivity index (χ0n) is 13.9. The summed E-state index contributed by atoms with van der Waals surface area (Å²) >= 11 is 0. The average molecular weight is 323 g/mol. The van der Waals surface area contributed by atoms with Crippen LogP contribution in [0, 0.1) is 0 Å². The second kappa shape index (κ2) is 7.97. The summed E-state index contributed by atoms with van der Waals surface area (Å²) < 4.78 is 0. The zero-order valence-corrected chi connectivity index (χ0v) is 13.9. The van der Waals surface area contributed by atoms with Gasteiger partial charge >= 0.3 is 0 Å². The largest absolute Gasteiger partial charge is 0.399 e. The SMILES string of the molecule is Nc1cccc(CC(=O)NCC(c2ccccc2)N2CCCC2)c1. The Bertz CT molecular complexity index is 666. The molecule has 1 heterocycles. The van der Waals surface area contributed by atoms with E-state index >= 15 is 0 Å².